The van der Waals surface area contributed by atoms with Gasteiger partial charge in [-0.15, -0.1) is 0 Å². The van der Waals surface area contributed by atoms with E-state index in [9.17, 15) is 18.0 Å². The van der Waals surface area contributed by atoms with Crippen LogP contribution in [0.1, 0.15) is 11.1 Å². The van der Waals surface area contributed by atoms with Crippen LogP contribution < -0.4 is 23.9 Å². The summed E-state index contributed by atoms with van der Waals surface area (Å²) in [6, 6.07) is 17.7. The molecular formula is C30H34N4O8S. The highest BCUT2D eigenvalue weighted by Gasteiger charge is 2.29. The Balaban J connectivity index is 1.42. The summed E-state index contributed by atoms with van der Waals surface area (Å²) >= 11 is 0. The Hall–Kier alpha value is -4.62. The molecule has 0 saturated carbocycles. The highest BCUT2D eigenvalue weighted by atomic mass is 32.2. The smallest absolute Gasteiger partial charge is 0.264 e. The van der Waals surface area contributed by atoms with Crippen LogP contribution in [0, 0.1) is 6.92 Å². The molecule has 0 bridgehead atoms. The molecule has 1 aliphatic rings. The Kier molecular flexibility index (Phi) is 10.6. The average molecular weight is 611 g/mol. The van der Waals surface area contributed by atoms with Crippen molar-refractivity contribution in [2.75, 3.05) is 58.0 Å². The highest BCUT2D eigenvalue weighted by Crippen LogP contribution is 2.35. The number of morpholine rings is 1. The number of anilines is 1. The number of sulfonamides is 1. The Morgan fingerprint density at radius 1 is 0.977 bits per heavy atom. The molecule has 43 heavy (non-hydrogen) atoms. The number of amides is 2. The van der Waals surface area contributed by atoms with Gasteiger partial charge in [-0.05, 0) is 61.0 Å². The molecule has 0 aromatic heterocycles. The zero-order valence-corrected chi connectivity index (χ0v) is 25.0. The van der Waals surface area contributed by atoms with E-state index in [2.05, 4.69) is 10.5 Å². The molecule has 1 aliphatic heterocycles. The minimum atomic E-state index is -4.17. The molecule has 1 N–H and O–H groups in total. The van der Waals surface area contributed by atoms with Gasteiger partial charge in [0.2, 0.25) is 0 Å². The number of nitrogens with one attached hydrogen (secondary N) is 1. The fourth-order valence-electron chi connectivity index (χ4n) is 4.17. The van der Waals surface area contributed by atoms with Crippen molar-refractivity contribution in [2.24, 2.45) is 5.10 Å². The zero-order chi connectivity index (χ0) is 30.8. The summed E-state index contributed by atoms with van der Waals surface area (Å²) in [5.41, 5.74) is 4.08. The summed E-state index contributed by atoms with van der Waals surface area (Å²) in [6.07, 6.45) is 1.41. The van der Waals surface area contributed by atoms with Gasteiger partial charge >= 0.3 is 0 Å². The van der Waals surface area contributed by atoms with E-state index < -0.39 is 22.5 Å². The topological polar surface area (TPSA) is 136 Å². The maximum Gasteiger partial charge on any atom is 0.264 e. The van der Waals surface area contributed by atoms with Crippen molar-refractivity contribution in [2.45, 2.75) is 11.8 Å². The first-order valence-corrected chi connectivity index (χ1v) is 14.9. The van der Waals surface area contributed by atoms with E-state index in [1.165, 1.54) is 44.7 Å². The summed E-state index contributed by atoms with van der Waals surface area (Å²) in [4.78, 5) is 26.9. The number of hydrogen-bond donors (Lipinski definition) is 1. The molecule has 228 valence electrons. The number of methoxy groups -OCH3 is 2. The molecular weight excluding hydrogens is 576 g/mol. The lowest BCUT2D eigenvalue weighted by Gasteiger charge is -2.26. The Bertz CT molecular complexity index is 1540. The molecule has 3 aromatic carbocycles. The minimum Gasteiger partial charge on any atom is -0.497 e. The van der Waals surface area contributed by atoms with Gasteiger partial charge < -0.3 is 23.8 Å². The second kappa shape index (κ2) is 14.5. The van der Waals surface area contributed by atoms with Gasteiger partial charge in [-0.3, -0.25) is 13.9 Å². The van der Waals surface area contributed by atoms with E-state index in [1.54, 1.807) is 47.4 Å². The summed E-state index contributed by atoms with van der Waals surface area (Å²) in [6.45, 7) is 3.34. The largest absolute Gasteiger partial charge is 0.497 e. The van der Waals surface area contributed by atoms with E-state index in [1.807, 2.05) is 6.92 Å². The third-order valence-corrected chi connectivity index (χ3v) is 8.33. The first-order valence-electron chi connectivity index (χ1n) is 13.4. The fraction of sp³-hybridized carbons (Fsp3) is 0.300. The number of aryl methyl sites for hydroxylation is 1. The minimum absolute atomic E-state index is 0.0150. The molecule has 4 rings (SSSR count). The van der Waals surface area contributed by atoms with Gasteiger partial charge in [-0.1, -0.05) is 17.7 Å². The van der Waals surface area contributed by atoms with Crippen molar-refractivity contribution >= 4 is 33.7 Å². The Labute approximate surface area is 250 Å². The van der Waals surface area contributed by atoms with Crippen LogP contribution in [-0.4, -0.2) is 85.0 Å². The number of ether oxygens (including phenoxy) is 4. The van der Waals surface area contributed by atoms with E-state index >= 15 is 0 Å². The van der Waals surface area contributed by atoms with Crippen molar-refractivity contribution in [3.05, 3.63) is 77.9 Å². The van der Waals surface area contributed by atoms with E-state index in [0.29, 0.717) is 43.4 Å². The van der Waals surface area contributed by atoms with Crippen LogP contribution in [0.5, 0.6) is 17.2 Å². The standard InChI is InChI=1S/C30H34N4O8S/c1-22-4-11-26(12-5-22)43(37,38)34(27-13-10-25(39-2)18-28(27)40-3)20-29(35)32-31-19-23-6-8-24(9-7-23)42-21-30(36)33-14-16-41-17-15-33/h4-13,18-19H,14-17,20-21H2,1-3H3,(H,32,35)/b31-19-. The number of nitrogens with zero attached hydrogens (tertiary/aromatic N) is 3. The fourth-order valence-corrected chi connectivity index (χ4v) is 5.60. The quantitative estimate of drug-likeness (QED) is 0.244. The van der Waals surface area contributed by atoms with Crippen LogP contribution in [0.25, 0.3) is 0 Å². The number of hydrogen-bond acceptors (Lipinski definition) is 9. The number of carbonyl (C=O) groups excluding carboxylic acids is 2. The lowest BCUT2D eigenvalue weighted by atomic mass is 10.2. The van der Waals surface area contributed by atoms with Crippen molar-refractivity contribution in [1.82, 2.24) is 10.3 Å². The molecule has 2 amide bonds. The number of rotatable bonds is 12. The third-order valence-electron chi connectivity index (χ3n) is 6.56. The molecule has 0 aliphatic carbocycles. The third kappa shape index (κ3) is 8.23. The lowest BCUT2D eigenvalue weighted by molar-refractivity contribution is -0.137. The molecule has 1 heterocycles. The second-order valence-electron chi connectivity index (χ2n) is 9.51. The van der Waals surface area contributed by atoms with Gasteiger partial charge in [0.15, 0.2) is 6.61 Å². The van der Waals surface area contributed by atoms with Gasteiger partial charge in [-0.25, -0.2) is 13.8 Å². The molecule has 0 atom stereocenters. The number of benzene rings is 3. The predicted octanol–water partition coefficient (Wildman–Crippen LogP) is 2.60. The summed E-state index contributed by atoms with van der Waals surface area (Å²) in [7, 11) is -1.28. The van der Waals surface area contributed by atoms with E-state index in [0.717, 1.165) is 9.87 Å². The highest BCUT2D eigenvalue weighted by molar-refractivity contribution is 7.92. The molecule has 12 nitrogen and oxygen atoms in total. The van der Waals surface area contributed by atoms with Gasteiger partial charge in [0, 0.05) is 19.2 Å². The first kappa shape index (κ1) is 31.3. The molecule has 1 fully saturated rings. The molecule has 0 radical (unpaired) electrons. The van der Waals surface area contributed by atoms with E-state index in [4.69, 9.17) is 18.9 Å². The number of hydrazone groups is 1. The van der Waals surface area contributed by atoms with Crippen LogP contribution in [0.2, 0.25) is 0 Å². The summed E-state index contributed by atoms with van der Waals surface area (Å²) in [5, 5.41) is 3.98. The van der Waals surface area contributed by atoms with Crippen LogP contribution >= 0.6 is 0 Å². The van der Waals surface area contributed by atoms with Crippen LogP contribution in [0.4, 0.5) is 5.69 Å². The van der Waals surface area contributed by atoms with Crippen molar-refractivity contribution in [3.63, 3.8) is 0 Å². The summed E-state index contributed by atoms with van der Waals surface area (Å²) in [5.74, 6) is 0.393. The maximum atomic E-state index is 13.7. The van der Waals surface area contributed by atoms with Crippen molar-refractivity contribution < 1.29 is 37.0 Å². The monoisotopic (exact) mass is 610 g/mol. The molecule has 1 saturated heterocycles. The lowest BCUT2D eigenvalue weighted by Crippen LogP contribution is -2.42. The van der Waals surface area contributed by atoms with Gasteiger partial charge in [0.1, 0.15) is 23.8 Å². The molecule has 0 spiro atoms. The van der Waals surface area contributed by atoms with Gasteiger partial charge in [0.05, 0.1) is 44.2 Å². The first-order chi connectivity index (χ1) is 20.7. The molecule has 13 heteroatoms. The van der Waals surface area contributed by atoms with Crippen LogP contribution in [-0.2, 0) is 24.3 Å². The SMILES string of the molecule is COc1ccc(N(CC(=O)N/N=C\c2ccc(OCC(=O)N3CCOCC3)cc2)S(=O)(=O)c2ccc(C)cc2)c(OC)c1. The number of carbonyl (C=O) groups is 2. The second-order valence-corrected chi connectivity index (χ2v) is 11.4. The van der Waals surface area contributed by atoms with Crippen LogP contribution in [0.3, 0.4) is 0 Å². The normalized spacial score (nSPS) is 13.4. The van der Waals surface area contributed by atoms with Crippen molar-refractivity contribution in [1.29, 1.82) is 0 Å². The van der Waals surface area contributed by atoms with Gasteiger partial charge in [0.25, 0.3) is 21.8 Å². The zero-order valence-electron chi connectivity index (χ0n) is 24.2. The van der Waals surface area contributed by atoms with Crippen LogP contribution in [0.15, 0.2) is 76.7 Å². The maximum absolute atomic E-state index is 13.7. The van der Waals surface area contributed by atoms with Crippen molar-refractivity contribution in [3.8, 4) is 17.2 Å². The average Bonchev–Trinajstić information content (AvgIpc) is 3.03. The Morgan fingerprint density at radius 3 is 2.30 bits per heavy atom. The predicted molar refractivity (Wildman–Crippen MR) is 160 cm³/mol. The molecule has 3 aromatic rings. The summed E-state index contributed by atoms with van der Waals surface area (Å²) < 4.78 is 49.9. The Morgan fingerprint density at radius 2 is 1.65 bits per heavy atom. The van der Waals surface area contributed by atoms with E-state index in [-0.39, 0.29) is 28.8 Å². The van der Waals surface area contributed by atoms with Gasteiger partial charge in [-0.2, -0.15) is 5.10 Å². The molecule has 0 unspecified atom stereocenters.